The van der Waals surface area contributed by atoms with Gasteiger partial charge in [0, 0.05) is 28.9 Å². The lowest BCUT2D eigenvalue weighted by atomic mass is 9.97. The molecule has 0 atom stereocenters. The molecule has 28 heavy (non-hydrogen) atoms. The van der Waals surface area contributed by atoms with E-state index in [1.54, 1.807) is 54.2 Å². The molecule has 0 aromatic heterocycles. The molecule has 1 amide bonds. The molecule has 1 aliphatic heterocycles. The Morgan fingerprint density at radius 3 is 2.36 bits per heavy atom. The van der Waals surface area contributed by atoms with Gasteiger partial charge in [-0.2, -0.15) is 4.31 Å². The van der Waals surface area contributed by atoms with Gasteiger partial charge in [0.1, 0.15) is 0 Å². The standard InChI is InChI=1S/C19H20Cl2N2O3S2/c1-27-15-3-5-16(6-4-15)28(25,26)23-10-8-13(9-11-23)19(24)22-18-12-14(20)2-7-17(18)21/h2-7,12-13H,8-11H2,1H3,(H,22,24). The minimum Gasteiger partial charge on any atom is -0.324 e. The molecule has 1 saturated heterocycles. The van der Waals surface area contributed by atoms with Crippen LogP contribution >= 0.6 is 35.0 Å². The minimum atomic E-state index is -3.55. The van der Waals surface area contributed by atoms with Crippen LogP contribution in [0.2, 0.25) is 10.0 Å². The van der Waals surface area contributed by atoms with Crippen LogP contribution < -0.4 is 5.32 Å². The first-order chi connectivity index (χ1) is 13.3. The average Bonchev–Trinajstić information content (AvgIpc) is 2.71. The molecule has 5 nitrogen and oxygen atoms in total. The van der Waals surface area contributed by atoms with Crippen molar-refractivity contribution < 1.29 is 13.2 Å². The summed E-state index contributed by atoms with van der Waals surface area (Å²) in [4.78, 5) is 13.8. The lowest BCUT2D eigenvalue weighted by Gasteiger charge is -2.30. The zero-order valence-electron chi connectivity index (χ0n) is 15.2. The number of carbonyl (C=O) groups is 1. The Kier molecular flexibility index (Phi) is 6.94. The number of amides is 1. The number of nitrogens with one attached hydrogen (secondary N) is 1. The van der Waals surface area contributed by atoms with Crippen molar-refractivity contribution in [2.45, 2.75) is 22.6 Å². The molecule has 0 aliphatic carbocycles. The number of hydrogen-bond acceptors (Lipinski definition) is 4. The zero-order chi connectivity index (χ0) is 20.3. The van der Waals surface area contributed by atoms with Gasteiger partial charge in [0.15, 0.2) is 0 Å². The highest BCUT2D eigenvalue weighted by atomic mass is 35.5. The molecule has 1 aliphatic rings. The molecule has 1 N–H and O–H groups in total. The summed E-state index contributed by atoms with van der Waals surface area (Å²) >= 11 is 13.6. The Morgan fingerprint density at radius 1 is 1.11 bits per heavy atom. The topological polar surface area (TPSA) is 66.5 Å². The van der Waals surface area contributed by atoms with E-state index >= 15 is 0 Å². The fraction of sp³-hybridized carbons (Fsp3) is 0.316. The second-order valence-electron chi connectivity index (χ2n) is 6.47. The number of thioether (sulfide) groups is 1. The normalized spacial score (nSPS) is 16.1. The van der Waals surface area contributed by atoms with Crippen LogP contribution in [0.4, 0.5) is 5.69 Å². The summed E-state index contributed by atoms with van der Waals surface area (Å²) in [5.74, 6) is -0.453. The highest BCUT2D eigenvalue weighted by Gasteiger charge is 2.32. The molecule has 150 valence electrons. The van der Waals surface area contributed by atoms with E-state index in [0.29, 0.717) is 41.7 Å². The summed E-state index contributed by atoms with van der Waals surface area (Å²) < 4.78 is 27.1. The predicted molar refractivity (Wildman–Crippen MR) is 115 cm³/mol. The summed E-state index contributed by atoms with van der Waals surface area (Å²) in [6.45, 7) is 0.599. The number of nitrogens with zero attached hydrogens (tertiary/aromatic N) is 1. The number of benzene rings is 2. The molecule has 0 unspecified atom stereocenters. The SMILES string of the molecule is CSc1ccc(S(=O)(=O)N2CCC(C(=O)Nc3cc(Cl)ccc3Cl)CC2)cc1. The number of sulfonamides is 1. The number of carbonyl (C=O) groups excluding carboxylic acids is 1. The Bertz CT molecular complexity index is 958. The molecule has 0 saturated carbocycles. The molecular formula is C19H20Cl2N2O3S2. The van der Waals surface area contributed by atoms with Crippen molar-refractivity contribution in [3.8, 4) is 0 Å². The Labute approximate surface area is 179 Å². The van der Waals surface area contributed by atoms with E-state index in [9.17, 15) is 13.2 Å². The smallest absolute Gasteiger partial charge is 0.243 e. The van der Waals surface area contributed by atoms with Gasteiger partial charge in [-0.25, -0.2) is 8.42 Å². The summed E-state index contributed by atoms with van der Waals surface area (Å²) in [5, 5.41) is 3.68. The quantitative estimate of drug-likeness (QED) is 0.656. The molecule has 3 rings (SSSR count). The van der Waals surface area contributed by atoms with Crippen LogP contribution in [0.3, 0.4) is 0 Å². The average molecular weight is 459 g/mol. The molecule has 1 fully saturated rings. The van der Waals surface area contributed by atoms with Crippen LogP contribution in [0.25, 0.3) is 0 Å². The number of halogens is 2. The second kappa shape index (κ2) is 9.05. The number of rotatable bonds is 5. The van der Waals surface area contributed by atoms with Crippen molar-refractivity contribution in [2.75, 3.05) is 24.7 Å². The van der Waals surface area contributed by atoms with E-state index in [-0.39, 0.29) is 16.7 Å². The molecule has 2 aromatic carbocycles. The maximum absolute atomic E-state index is 12.8. The molecular weight excluding hydrogens is 439 g/mol. The third-order valence-electron chi connectivity index (χ3n) is 4.71. The largest absolute Gasteiger partial charge is 0.324 e. The van der Waals surface area contributed by atoms with Gasteiger partial charge in [-0.15, -0.1) is 11.8 Å². The lowest BCUT2D eigenvalue weighted by Crippen LogP contribution is -2.41. The zero-order valence-corrected chi connectivity index (χ0v) is 18.3. The number of hydrogen-bond donors (Lipinski definition) is 1. The van der Waals surface area contributed by atoms with E-state index in [0.717, 1.165) is 4.90 Å². The highest BCUT2D eigenvalue weighted by molar-refractivity contribution is 7.98. The van der Waals surface area contributed by atoms with Crippen molar-refractivity contribution in [1.82, 2.24) is 4.31 Å². The van der Waals surface area contributed by atoms with Crippen LogP contribution in [0.5, 0.6) is 0 Å². The van der Waals surface area contributed by atoms with E-state index in [1.165, 1.54) is 4.31 Å². The Morgan fingerprint density at radius 2 is 1.75 bits per heavy atom. The van der Waals surface area contributed by atoms with Gasteiger partial charge in [-0.1, -0.05) is 23.2 Å². The summed E-state index contributed by atoms with van der Waals surface area (Å²) in [7, 11) is -3.55. The summed E-state index contributed by atoms with van der Waals surface area (Å²) in [5.41, 5.74) is 0.461. The molecule has 1 heterocycles. The predicted octanol–water partition coefficient (Wildman–Crippen LogP) is 4.75. The van der Waals surface area contributed by atoms with Crippen LogP contribution in [0.15, 0.2) is 52.3 Å². The van der Waals surface area contributed by atoms with Gasteiger partial charge in [0.2, 0.25) is 15.9 Å². The van der Waals surface area contributed by atoms with E-state index in [4.69, 9.17) is 23.2 Å². The van der Waals surface area contributed by atoms with Crippen molar-refractivity contribution in [3.63, 3.8) is 0 Å². The van der Waals surface area contributed by atoms with Crippen LogP contribution in [0.1, 0.15) is 12.8 Å². The van der Waals surface area contributed by atoms with Crippen LogP contribution in [-0.2, 0) is 14.8 Å². The first kappa shape index (κ1) is 21.5. The molecule has 9 heteroatoms. The van der Waals surface area contributed by atoms with Gasteiger partial charge < -0.3 is 5.32 Å². The first-order valence-corrected chi connectivity index (χ1v) is 12.1. The monoisotopic (exact) mass is 458 g/mol. The Balaban J connectivity index is 1.63. The van der Waals surface area contributed by atoms with E-state index in [1.807, 2.05) is 6.26 Å². The minimum absolute atomic E-state index is 0.175. The molecule has 2 aromatic rings. The number of anilines is 1. The van der Waals surface area contributed by atoms with Gasteiger partial charge in [0.25, 0.3) is 0 Å². The molecule has 0 radical (unpaired) electrons. The fourth-order valence-corrected chi connectivity index (χ4v) is 5.30. The van der Waals surface area contributed by atoms with E-state index in [2.05, 4.69) is 5.32 Å². The van der Waals surface area contributed by atoms with Crippen molar-refractivity contribution in [2.24, 2.45) is 5.92 Å². The van der Waals surface area contributed by atoms with Gasteiger partial charge in [0.05, 0.1) is 15.6 Å². The molecule has 0 spiro atoms. The van der Waals surface area contributed by atoms with Gasteiger partial charge >= 0.3 is 0 Å². The van der Waals surface area contributed by atoms with Gasteiger partial charge in [-0.3, -0.25) is 4.79 Å². The maximum atomic E-state index is 12.8. The van der Waals surface area contributed by atoms with E-state index < -0.39 is 10.0 Å². The maximum Gasteiger partial charge on any atom is 0.243 e. The third-order valence-corrected chi connectivity index (χ3v) is 7.93. The second-order valence-corrected chi connectivity index (χ2v) is 10.1. The summed E-state index contributed by atoms with van der Waals surface area (Å²) in [6, 6.07) is 11.7. The lowest BCUT2D eigenvalue weighted by molar-refractivity contribution is -0.120. The molecule has 0 bridgehead atoms. The van der Waals surface area contributed by atoms with Gasteiger partial charge in [-0.05, 0) is 61.6 Å². The number of piperidine rings is 1. The van der Waals surface area contributed by atoms with Crippen molar-refractivity contribution >= 4 is 56.6 Å². The van der Waals surface area contributed by atoms with Crippen molar-refractivity contribution in [3.05, 3.63) is 52.5 Å². The third kappa shape index (κ3) is 4.83. The Hall–Kier alpha value is -1.25. The summed E-state index contributed by atoms with van der Waals surface area (Å²) in [6.07, 6.45) is 2.84. The highest BCUT2D eigenvalue weighted by Crippen LogP contribution is 2.29. The van der Waals surface area contributed by atoms with Crippen molar-refractivity contribution in [1.29, 1.82) is 0 Å². The van der Waals surface area contributed by atoms with Crippen LogP contribution in [0, 0.1) is 5.92 Å². The fourth-order valence-electron chi connectivity index (χ4n) is 3.08. The first-order valence-electron chi connectivity index (χ1n) is 8.71. The van der Waals surface area contributed by atoms with Crippen LogP contribution in [-0.4, -0.2) is 38.0 Å².